The van der Waals surface area contributed by atoms with Crippen LogP contribution >= 0.6 is 23.2 Å². The molecule has 1 radical (unpaired) electrons. The number of H-pyrrole nitrogens is 1. The summed E-state index contributed by atoms with van der Waals surface area (Å²) in [4.78, 5) is 6.73. The van der Waals surface area contributed by atoms with Gasteiger partial charge in [0.1, 0.15) is 24.0 Å². The van der Waals surface area contributed by atoms with E-state index in [9.17, 15) is 4.39 Å². The first kappa shape index (κ1) is 23.9. The second kappa shape index (κ2) is 10.4. The molecule has 1 N–H and O–H groups in total. The van der Waals surface area contributed by atoms with Gasteiger partial charge in [-0.2, -0.15) is 5.21 Å². The van der Waals surface area contributed by atoms with Crippen LogP contribution in [-0.2, 0) is 19.6 Å². The van der Waals surface area contributed by atoms with Crippen molar-refractivity contribution in [1.82, 2.24) is 25.6 Å². The van der Waals surface area contributed by atoms with Crippen LogP contribution in [0.3, 0.4) is 0 Å². The molecular weight excluding hydrogens is 477 g/mol. The van der Waals surface area contributed by atoms with Gasteiger partial charge in [0, 0.05) is 81.1 Å². The molecule has 0 saturated heterocycles. The number of hydrogen-bond acceptors (Lipinski definition) is 6. The summed E-state index contributed by atoms with van der Waals surface area (Å²) in [5.41, 5.74) is 3.29. The van der Waals surface area contributed by atoms with Crippen LogP contribution in [0.5, 0.6) is 5.75 Å². The van der Waals surface area contributed by atoms with Crippen molar-refractivity contribution >= 4 is 58.6 Å². The smallest absolute Gasteiger partial charge is 0.205 e. The molecule has 1 aliphatic heterocycles. The van der Waals surface area contributed by atoms with Crippen molar-refractivity contribution in [2.45, 2.75) is 19.6 Å². The molecule has 3 heterocycles. The first-order valence-electron chi connectivity index (χ1n) is 9.90. The standard InChI is InChI=1S/C22H17Cl2FN6O.Na/c23-15-3-4-20(32-12-13-1-2-16(24)10-19(13)25)14(9-15)11-31-8-6-18-17(5-7-26-22(18)31)21-27-29-30-28-21;/h1-5,7,9-10H,6,8,11-12H2,(H,27,28,29,30);. The van der Waals surface area contributed by atoms with Crippen molar-refractivity contribution in [2.75, 3.05) is 11.4 Å². The fraction of sp³-hybridized carbons (Fsp3) is 0.182. The van der Waals surface area contributed by atoms with E-state index >= 15 is 0 Å². The van der Waals surface area contributed by atoms with Gasteiger partial charge in [-0.1, -0.05) is 29.3 Å². The largest absolute Gasteiger partial charge is 0.488 e. The van der Waals surface area contributed by atoms with Gasteiger partial charge in [0.25, 0.3) is 0 Å². The van der Waals surface area contributed by atoms with Crippen molar-refractivity contribution in [3.63, 3.8) is 0 Å². The second-order valence-electron chi connectivity index (χ2n) is 7.34. The summed E-state index contributed by atoms with van der Waals surface area (Å²) < 4.78 is 20.1. The average Bonchev–Trinajstić information content (AvgIpc) is 3.45. The third-order valence-corrected chi connectivity index (χ3v) is 5.80. The minimum Gasteiger partial charge on any atom is -0.488 e. The molecular formula is C22H17Cl2FN6NaO. The van der Waals surface area contributed by atoms with Crippen LogP contribution in [0.15, 0.2) is 48.7 Å². The van der Waals surface area contributed by atoms with Crippen molar-refractivity contribution < 1.29 is 9.13 Å². The molecule has 7 nitrogen and oxygen atoms in total. The van der Waals surface area contributed by atoms with Gasteiger partial charge in [-0.3, -0.25) is 0 Å². The summed E-state index contributed by atoms with van der Waals surface area (Å²) in [5, 5.41) is 15.3. The number of fused-ring (bicyclic) bond motifs is 1. The predicted molar refractivity (Wildman–Crippen MR) is 125 cm³/mol. The van der Waals surface area contributed by atoms with E-state index in [1.165, 1.54) is 6.07 Å². The molecule has 0 aliphatic carbocycles. The predicted octanol–water partition coefficient (Wildman–Crippen LogP) is 4.47. The van der Waals surface area contributed by atoms with Crippen LogP contribution in [0.2, 0.25) is 10.0 Å². The molecule has 0 bridgehead atoms. The zero-order valence-electron chi connectivity index (χ0n) is 17.7. The summed E-state index contributed by atoms with van der Waals surface area (Å²) in [7, 11) is 0. The SMILES string of the molecule is Fc1cc(Cl)ccc1COc1ccc(Cl)cc1CN1CCc2c(-c3nn[nH]n3)ccnc21.[Na]. The van der Waals surface area contributed by atoms with Crippen molar-refractivity contribution in [1.29, 1.82) is 0 Å². The van der Waals surface area contributed by atoms with E-state index in [-0.39, 0.29) is 36.2 Å². The molecule has 1 aliphatic rings. The van der Waals surface area contributed by atoms with Crippen molar-refractivity contribution in [2.24, 2.45) is 0 Å². The Balaban J connectivity index is 0.00000259. The van der Waals surface area contributed by atoms with E-state index in [4.69, 9.17) is 27.9 Å². The van der Waals surface area contributed by atoms with E-state index in [0.29, 0.717) is 33.7 Å². The summed E-state index contributed by atoms with van der Waals surface area (Å²) in [5.74, 6) is 1.63. The van der Waals surface area contributed by atoms with Gasteiger partial charge < -0.3 is 9.64 Å². The Kier molecular flexibility index (Phi) is 7.51. The normalized spacial score (nSPS) is 12.4. The van der Waals surface area contributed by atoms with Crippen LogP contribution in [0, 0.1) is 5.82 Å². The number of anilines is 1. The minimum absolute atomic E-state index is 0. The van der Waals surface area contributed by atoms with Gasteiger partial charge in [-0.15, -0.1) is 10.2 Å². The Morgan fingerprint density at radius 2 is 1.88 bits per heavy atom. The number of hydrogen-bond donors (Lipinski definition) is 1. The average molecular weight is 494 g/mol. The number of aromatic amines is 1. The second-order valence-corrected chi connectivity index (χ2v) is 8.22. The third-order valence-electron chi connectivity index (χ3n) is 5.33. The fourth-order valence-corrected chi connectivity index (χ4v) is 4.16. The number of pyridine rings is 1. The molecule has 0 unspecified atom stereocenters. The Labute approximate surface area is 221 Å². The van der Waals surface area contributed by atoms with Crippen LogP contribution in [0.4, 0.5) is 10.2 Å². The third kappa shape index (κ3) is 5.15. The van der Waals surface area contributed by atoms with E-state index in [2.05, 4.69) is 30.5 Å². The Hall–Kier alpha value is -2.23. The van der Waals surface area contributed by atoms with Crippen molar-refractivity contribution in [3.8, 4) is 17.1 Å². The monoisotopic (exact) mass is 493 g/mol. The van der Waals surface area contributed by atoms with Gasteiger partial charge >= 0.3 is 0 Å². The fourth-order valence-electron chi connectivity index (χ4n) is 3.80. The van der Waals surface area contributed by atoms with Gasteiger partial charge in [0.05, 0.1) is 0 Å². The van der Waals surface area contributed by atoms with Crippen LogP contribution in [0.25, 0.3) is 11.4 Å². The molecule has 0 fully saturated rings. The van der Waals surface area contributed by atoms with E-state index in [1.807, 2.05) is 12.1 Å². The van der Waals surface area contributed by atoms with Gasteiger partial charge in [-0.05, 0) is 48.0 Å². The number of rotatable bonds is 6. The molecule has 33 heavy (non-hydrogen) atoms. The van der Waals surface area contributed by atoms with E-state index in [0.717, 1.165) is 35.5 Å². The van der Waals surface area contributed by atoms with Crippen molar-refractivity contribution in [3.05, 3.63) is 81.2 Å². The van der Waals surface area contributed by atoms with Crippen LogP contribution < -0.4 is 9.64 Å². The summed E-state index contributed by atoms with van der Waals surface area (Å²) >= 11 is 12.1. The molecule has 4 aromatic rings. The van der Waals surface area contributed by atoms with Gasteiger partial charge in [0.2, 0.25) is 5.82 Å². The number of nitrogens with one attached hydrogen (secondary N) is 1. The molecule has 163 valence electrons. The van der Waals surface area contributed by atoms with Gasteiger partial charge in [-0.25, -0.2) is 9.37 Å². The number of halogens is 3. The number of aromatic nitrogens is 5. The topological polar surface area (TPSA) is 79.8 Å². The van der Waals surface area contributed by atoms with Gasteiger partial charge in [0.15, 0.2) is 0 Å². The minimum atomic E-state index is -0.403. The quantitative estimate of drug-likeness (QED) is 0.399. The Morgan fingerprint density at radius 1 is 1.06 bits per heavy atom. The summed E-state index contributed by atoms with van der Waals surface area (Å²) in [6.07, 6.45) is 2.54. The van der Waals surface area contributed by atoms with E-state index < -0.39 is 5.82 Å². The molecule has 0 atom stereocenters. The zero-order valence-corrected chi connectivity index (χ0v) is 21.2. The maximum absolute atomic E-state index is 14.1. The number of benzene rings is 2. The Bertz CT molecular complexity index is 1270. The number of nitrogens with zero attached hydrogens (tertiary/aromatic N) is 5. The number of ether oxygens (including phenoxy) is 1. The molecule has 2 aromatic carbocycles. The molecule has 2 aromatic heterocycles. The first-order valence-corrected chi connectivity index (χ1v) is 10.7. The molecule has 0 amide bonds. The first-order chi connectivity index (χ1) is 15.6. The number of tetrazole rings is 1. The molecule has 5 rings (SSSR count). The maximum Gasteiger partial charge on any atom is 0.205 e. The molecule has 11 heteroatoms. The summed E-state index contributed by atoms with van der Waals surface area (Å²) in [6.45, 7) is 1.39. The Morgan fingerprint density at radius 3 is 2.67 bits per heavy atom. The maximum atomic E-state index is 14.1. The van der Waals surface area contributed by atoms with Crippen LogP contribution in [0.1, 0.15) is 16.7 Å². The van der Waals surface area contributed by atoms with Crippen LogP contribution in [-0.4, -0.2) is 61.7 Å². The zero-order chi connectivity index (χ0) is 22.1. The molecule has 0 spiro atoms. The molecule has 0 saturated carbocycles. The van der Waals surface area contributed by atoms with E-state index in [1.54, 1.807) is 30.5 Å². The summed E-state index contributed by atoms with van der Waals surface area (Å²) in [6, 6.07) is 11.8.